The van der Waals surface area contributed by atoms with Crippen LogP contribution in [0.4, 0.5) is 0 Å². The van der Waals surface area contributed by atoms with Crippen LogP contribution in [0.15, 0.2) is 122 Å². The fraction of sp³-hybridized carbons (Fsp3) is 0.750. The topological polar surface area (TPSA) is 0 Å². The molecule has 15 rings (SSSR count). The van der Waals surface area contributed by atoms with Crippen molar-refractivity contribution in [2.24, 2.45) is 166 Å². The molecule has 450 valence electrons. The molecule has 0 aromatic carbocycles. The molecule has 0 nitrogen and oxygen atoms in total. The van der Waals surface area contributed by atoms with Gasteiger partial charge in [0.1, 0.15) is 0 Å². The van der Waals surface area contributed by atoms with Gasteiger partial charge in [-0.3, -0.25) is 0 Å². The third-order valence-corrected chi connectivity index (χ3v) is 23.9. The molecule has 15 aliphatic carbocycles. The second-order valence-electron chi connectivity index (χ2n) is 27.5. The third-order valence-electron chi connectivity index (χ3n) is 23.9. The molecule has 28 atom stereocenters. The van der Waals surface area contributed by atoms with Crippen LogP contribution in [0.5, 0.6) is 0 Å². The highest BCUT2D eigenvalue weighted by atomic mass is 14.6. The van der Waals surface area contributed by atoms with E-state index in [0.717, 1.165) is 166 Å². The average Bonchev–Trinajstić information content (AvgIpc) is 4.44. The van der Waals surface area contributed by atoms with E-state index in [2.05, 4.69) is 151 Å². The molecule has 0 aromatic rings. The molecule has 0 aliphatic heterocycles. The van der Waals surface area contributed by atoms with E-state index in [-0.39, 0.29) is 0 Å². The molecule has 10 saturated carbocycles. The van der Waals surface area contributed by atoms with Gasteiger partial charge < -0.3 is 0 Å². The van der Waals surface area contributed by atoms with Crippen molar-refractivity contribution in [2.75, 3.05) is 0 Å². The Balaban J connectivity index is 0.000000186. The summed E-state index contributed by atoms with van der Waals surface area (Å²) in [5.41, 5.74) is 0. The first-order valence-corrected chi connectivity index (χ1v) is 35.7. The van der Waals surface area contributed by atoms with Crippen LogP contribution in [-0.2, 0) is 0 Å². The highest BCUT2D eigenvalue weighted by Crippen LogP contribution is 2.67. The first-order chi connectivity index (χ1) is 39.1. The van der Waals surface area contributed by atoms with E-state index in [4.69, 9.17) is 0 Å². The lowest BCUT2D eigenvalue weighted by Gasteiger charge is -2.35. The van der Waals surface area contributed by atoms with Crippen molar-refractivity contribution in [1.82, 2.24) is 0 Å². The zero-order chi connectivity index (χ0) is 58.2. The molecule has 0 aromatic heterocycles. The molecule has 0 N–H and O–H groups in total. The maximum Gasteiger partial charge on any atom is -0.0133 e. The van der Waals surface area contributed by atoms with E-state index in [1.165, 1.54) is 77.0 Å². The van der Waals surface area contributed by atoms with Gasteiger partial charge >= 0.3 is 0 Å². The van der Waals surface area contributed by atoms with Crippen LogP contribution < -0.4 is 0 Å². The van der Waals surface area contributed by atoms with Gasteiger partial charge in [-0.1, -0.05) is 218 Å². The van der Waals surface area contributed by atoms with Gasteiger partial charge in [0.25, 0.3) is 0 Å². The quantitative estimate of drug-likeness (QED) is 0.184. The van der Waals surface area contributed by atoms with Crippen LogP contribution in [0, 0.1) is 166 Å². The van der Waals surface area contributed by atoms with Crippen molar-refractivity contribution >= 4 is 0 Å². The van der Waals surface area contributed by atoms with Crippen LogP contribution >= 0.6 is 0 Å². The van der Waals surface area contributed by atoms with Gasteiger partial charge in [0, 0.05) is 0 Å². The minimum absolute atomic E-state index is 0.769. The summed E-state index contributed by atoms with van der Waals surface area (Å²) in [7, 11) is 0. The van der Waals surface area contributed by atoms with Gasteiger partial charge in [0.15, 0.2) is 0 Å². The first-order valence-electron chi connectivity index (χ1n) is 35.7. The van der Waals surface area contributed by atoms with Crippen molar-refractivity contribution in [3.8, 4) is 0 Å². The van der Waals surface area contributed by atoms with Gasteiger partial charge in [-0.2, -0.15) is 0 Å². The predicted octanol–water partition coefficient (Wildman–Crippen LogP) is 23.7. The zero-order valence-electron chi connectivity index (χ0n) is 55.6. The highest BCUT2D eigenvalue weighted by Gasteiger charge is 2.60. The summed E-state index contributed by atoms with van der Waals surface area (Å²) in [5, 5.41) is 0. The van der Waals surface area contributed by atoms with E-state index in [1.54, 1.807) is 12.8 Å². The fourth-order valence-electron chi connectivity index (χ4n) is 21.0. The number of hydrogen-bond acceptors (Lipinski definition) is 0. The molecule has 80 heavy (non-hydrogen) atoms. The Morgan fingerprint density at radius 3 is 1.39 bits per heavy atom. The van der Waals surface area contributed by atoms with E-state index in [0.29, 0.717) is 0 Å². The number of allylic oxidation sites excluding steroid dienone is 20. The van der Waals surface area contributed by atoms with Crippen molar-refractivity contribution in [1.29, 1.82) is 0 Å². The molecule has 0 spiro atoms. The summed E-state index contributed by atoms with van der Waals surface area (Å²) in [6.45, 7) is 38.4. The summed E-state index contributed by atoms with van der Waals surface area (Å²) in [5.74, 6) is 26.7. The van der Waals surface area contributed by atoms with E-state index >= 15 is 0 Å². The van der Waals surface area contributed by atoms with E-state index in [9.17, 15) is 0 Å². The van der Waals surface area contributed by atoms with Gasteiger partial charge in [0.2, 0.25) is 0 Å². The Kier molecular flexibility index (Phi) is 27.1. The van der Waals surface area contributed by atoms with E-state index < -0.39 is 0 Å². The molecule has 10 fully saturated rings. The largest absolute Gasteiger partial charge is 0.0919 e. The maximum atomic E-state index is 2.74. The van der Waals surface area contributed by atoms with E-state index in [1.807, 2.05) is 95.2 Å². The van der Waals surface area contributed by atoms with Crippen LogP contribution in [0.1, 0.15) is 215 Å². The van der Waals surface area contributed by atoms with Gasteiger partial charge in [0.05, 0.1) is 0 Å². The summed E-state index contributed by atoms with van der Waals surface area (Å²) >= 11 is 0. The normalized spacial score (nSPS) is 46.7. The molecular formula is C80H130. The van der Waals surface area contributed by atoms with Crippen molar-refractivity contribution in [3.05, 3.63) is 122 Å². The first kappa shape index (κ1) is 66.5. The van der Waals surface area contributed by atoms with Crippen molar-refractivity contribution in [2.45, 2.75) is 215 Å². The SMILES string of the molecule is C/C=C/C.C/C=C\C1CC(/C=C\C2CC(/C=C\C3CC(/C=C\C)C4C5CC(C)C(C5)C34)CC2C)C2CC=CC12.C1=CC2C3C=CC(C3)C2C1.CC.CC.CC.CC.CC.CC1CC2C=CC1C2.CC1CC2CC1C1C3C=CC(C3)C21. The summed E-state index contributed by atoms with van der Waals surface area (Å²) in [6, 6.07) is 0. The third kappa shape index (κ3) is 14.5. The molecule has 0 saturated heterocycles. The van der Waals surface area contributed by atoms with Crippen molar-refractivity contribution < 1.29 is 0 Å². The smallest absolute Gasteiger partial charge is 0.0133 e. The van der Waals surface area contributed by atoms with Gasteiger partial charge in [-0.05, 0) is 283 Å². The van der Waals surface area contributed by atoms with Gasteiger partial charge in [-0.15, -0.1) is 0 Å². The summed E-state index contributed by atoms with van der Waals surface area (Å²) in [6.07, 6.45) is 69.3. The van der Waals surface area contributed by atoms with Crippen LogP contribution in [-0.4, -0.2) is 0 Å². The Bertz CT molecular complexity index is 2090. The molecule has 0 heterocycles. The minimum Gasteiger partial charge on any atom is -0.0919 e. The second-order valence-corrected chi connectivity index (χ2v) is 27.5. The minimum atomic E-state index is 0.769. The molecule has 28 unspecified atom stereocenters. The Morgan fingerprint density at radius 2 is 0.800 bits per heavy atom. The zero-order valence-corrected chi connectivity index (χ0v) is 55.6. The molecule has 10 bridgehead atoms. The number of fused-ring (bicyclic) bond motifs is 22. The summed E-state index contributed by atoms with van der Waals surface area (Å²) < 4.78 is 0. The molecule has 0 heteroatoms. The predicted molar refractivity (Wildman–Crippen MR) is 356 cm³/mol. The Labute approximate surface area is 499 Å². The molecule has 0 amide bonds. The maximum absolute atomic E-state index is 2.74. The van der Waals surface area contributed by atoms with Crippen LogP contribution in [0.2, 0.25) is 0 Å². The Morgan fingerprint density at radius 1 is 0.287 bits per heavy atom. The lowest BCUT2D eigenvalue weighted by atomic mass is 9.70. The van der Waals surface area contributed by atoms with Crippen molar-refractivity contribution in [3.63, 3.8) is 0 Å². The highest BCUT2D eigenvalue weighted by molar-refractivity contribution is 5.23. The average molecular weight is 1090 g/mol. The lowest BCUT2D eigenvalue weighted by Crippen LogP contribution is -2.29. The molecule has 15 aliphatic rings. The number of hydrogen-bond donors (Lipinski definition) is 0. The van der Waals surface area contributed by atoms with Gasteiger partial charge in [-0.25, -0.2) is 0 Å². The molecular weight excluding hydrogens is 961 g/mol. The fourth-order valence-corrected chi connectivity index (χ4v) is 21.0. The standard InChI is InChI=1S/C35H50.C13H18.C10H12.C8H12.C4H8.5C2H6/c1-5-8-26-19-27(32-11-7-10-31(26)32)15-14-25-18-24(16-22(25)3)12-13-29-20-28(9-6-2)34-30-17-23(4)33(21-30)35(29)34;1-7-4-10-6-11(7)13-9-3-2-8(5-9)12(10)13;1-2-9-7-4-5-8(6-7)10(9)3-1;1-6-4-7-2-3-8(6)5-7;1-3-4-2;5*1-2/h5-10,12-15,22-35H,11,16-21H2,1-4H3;2-3,7-13H,4-6H2,1H3;1-2,4-5,7-10H,3,6H2;2-3,6-8H,4-5H2,1H3;3-4H,1-2H3;5*1-2H3/b8-5-,9-6-,13-12-,15-14-;;;;4-3+;;;;;. The second kappa shape index (κ2) is 32.6. The Hall–Kier alpha value is -2.60. The number of rotatable bonds is 6. The molecule has 0 radical (unpaired) electrons. The lowest BCUT2D eigenvalue weighted by molar-refractivity contribution is 0.160. The summed E-state index contributed by atoms with van der Waals surface area (Å²) in [4.78, 5) is 0. The van der Waals surface area contributed by atoms with Crippen LogP contribution in [0.25, 0.3) is 0 Å². The van der Waals surface area contributed by atoms with Crippen LogP contribution in [0.3, 0.4) is 0 Å². The monoisotopic (exact) mass is 1090 g/mol.